The molecule has 2 rings (SSSR count). The lowest BCUT2D eigenvalue weighted by atomic mass is 10.1. The Balaban J connectivity index is 1.99. The van der Waals surface area contributed by atoms with Crippen molar-refractivity contribution in [2.24, 2.45) is 0 Å². The highest BCUT2D eigenvalue weighted by molar-refractivity contribution is 8.00. The second-order valence-corrected chi connectivity index (χ2v) is 8.83. The average Bonchev–Trinajstić information content (AvgIpc) is 2.71. The van der Waals surface area contributed by atoms with Crippen LogP contribution in [0, 0.1) is 11.3 Å². The summed E-state index contributed by atoms with van der Waals surface area (Å²) in [4.78, 5) is 37.6. The number of benzene rings is 2. The van der Waals surface area contributed by atoms with Gasteiger partial charge in [-0.15, -0.1) is 11.8 Å². The van der Waals surface area contributed by atoms with Gasteiger partial charge in [0, 0.05) is 16.1 Å². The number of esters is 1. The Kier molecular flexibility index (Phi) is 8.22. The smallest absolute Gasteiger partial charge is 0.340 e. The third-order valence-corrected chi connectivity index (χ3v) is 4.97. The van der Waals surface area contributed by atoms with Gasteiger partial charge in [0.25, 0.3) is 5.91 Å². The molecule has 31 heavy (non-hydrogen) atoms. The molecule has 0 saturated heterocycles. The van der Waals surface area contributed by atoms with Crippen LogP contribution in [0.3, 0.4) is 0 Å². The zero-order valence-electron chi connectivity index (χ0n) is 17.9. The maximum Gasteiger partial charge on any atom is 0.340 e. The van der Waals surface area contributed by atoms with Gasteiger partial charge in [0.05, 0.1) is 22.9 Å². The summed E-state index contributed by atoms with van der Waals surface area (Å²) in [5, 5.41) is 14.4. The van der Waals surface area contributed by atoms with E-state index in [-0.39, 0.29) is 23.1 Å². The Morgan fingerprint density at radius 2 is 1.84 bits per heavy atom. The molecule has 1 atom stereocenters. The van der Waals surface area contributed by atoms with E-state index < -0.39 is 17.6 Å². The van der Waals surface area contributed by atoms with Gasteiger partial charge in [0.1, 0.15) is 0 Å². The normalized spacial score (nSPS) is 11.7. The number of hydrogen-bond acceptors (Lipinski definition) is 6. The van der Waals surface area contributed by atoms with E-state index in [1.54, 1.807) is 48.5 Å². The lowest BCUT2D eigenvalue weighted by Gasteiger charge is -2.23. The molecule has 2 aromatic rings. The first-order valence-electron chi connectivity index (χ1n) is 9.64. The van der Waals surface area contributed by atoms with Crippen LogP contribution in [-0.4, -0.2) is 35.2 Å². The molecular formula is C23H25N3O4S. The molecular weight excluding hydrogens is 414 g/mol. The van der Waals surface area contributed by atoms with Gasteiger partial charge in [-0.2, -0.15) is 5.26 Å². The topological polar surface area (TPSA) is 108 Å². The SMILES string of the molecule is CC(OC(=O)c1ccccc1SCC(=O)Nc1cccc(C#N)c1)C(=O)NC(C)(C)C. The Hall–Kier alpha value is -3.31. The molecule has 2 N–H and O–H groups in total. The molecule has 0 bridgehead atoms. The van der Waals surface area contributed by atoms with Crippen molar-refractivity contribution in [3.8, 4) is 6.07 Å². The highest BCUT2D eigenvalue weighted by Crippen LogP contribution is 2.24. The van der Waals surface area contributed by atoms with Crippen LogP contribution in [0.1, 0.15) is 43.6 Å². The summed E-state index contributed by atoms with van der Waals surface area (Å²) < 4.78 is 5.32. The number of hydrogen-bond donors (Lipinski definition) is 2. The Labute approximate surface area is 186 Å². The molecule has 7 nitrogen and oxygen atoms in total. The molecule has 0 fully saturated rings. The Bertz CT molecular complexity index is 1010. The van der Waals surface area contributed by atoms with Gasteiger partial charge >= 0.3 is 5.97 Å². The molecule has 0 spiro atoms. The summed E-state index contributed by atoms with van der Waals surface area (Å²) in [5.74, 6) is -1.24. The molecule has 1 unspecified atom stereocenters. The zero-order chi connectivity index (χ0) is 23.0. The number of carbonyl (C=O) groups excluding carboxylic acids is 3. The predicted molar refractivity (Wildman–Crippen MR) is 120 cm³/mol. The lowest BCUT2D eigenvalue weighted by Crippen LogP contribution is -2.46. The van der Waals surface area contributed by atoms with E-state index in [0.717, 1.165) is 0 Å². The molecule has 0 saturated carbocycles. The van der Waals surface area contributed by atoms with Crippen LogP contribution < -0.4 is 10.6 Å². The molecule has 162 valence electrons. The number of ether oxygens (including phenoxy) is 1. The van der Waals surface area contributed by atoms with E-state index in [1.807, 2.05) is 26.8 Å². The van der Waals surface area contributed by atoms with Crippen LogP contribution in [0.15, 0.2) is 53.4 Å². The van der Waals surface area contributed by atoms with Crippen molar-refractivity contribution >= 4 is 35.2 Å². The van der Waals surface area contributed by atoms with Crippen molar-refractivity contribution in [2.45, 2.75) is 44.2 Å². The molecule has 0 aliphatic rings. The molecule has 2 amide bonds. The van der Waals surface area contributed by atoms with Crippen LogP contribution in [0.2, 0.25) is 0 Å². The minimum Gasteiger partial charge on any atom is -0.449 e. The number of carbonyl (C=O) groups is 3. The minimum absolute atomic E-state index is 0.0567. The fraction of sp³-hybridized carbons (Fsp3) is 0.304. The standard InChI is InChI=1S/C23H25N3O4S/c1-15(21(28)26-23(2,3)4)30-22(29)18-10-5-6-11-19(18)31-14-20(27)25-17-9-7-8-16(12-17)13-24/h5-12,15H,14H2,1-4H3,(H,25,27)(H,26,28). The first-order chi connectivity index (χ1) is 14.6. The Morgan fingerprint density at radius 1 is 1.13 bits per heavy atom. The number of amides is 2. The van der Waals surface area contributed by atoms with Crippen molar-refractivity contribution in [1.82, 2.24) is 5.32 Å². The van der Waals surface area contributed by atoms with E-state index >= 15 is 0 Å². The van der Waals surface area contributed by atoms with Gasteiger partial charge in [-0.25, -0.2) is 4.79 Å². The van der Waals surface area contributed by atoms with Gasteiger partial charge in [0.15, 0.2) is 6.10 Å². The molecule has 0 radical (unpaired) electrons. The molecule has 0 aliphatic heterocycles. The zero-order valence-corrected chi connectivity index (χ0v) is 18.7. The van der Waals surface area contributed by atoms with Crippen LogP contribution in [0.4, 0.5) is 5.69 Å². The highest BCUT2D eigenvalue weighted by Gasteiger charge is 2.24. The summed E-state index contributed by atoms with van der Waals surface area (Å²) in [6, 6.07) is 15.4. The number of nitriles is 1. The summed E-state index contributed by atoms with van der Waals surface area (Å²) in [5.41, 5.74) is 0.812. The Morgan fingerprint density at radius 3 is 2.52 bits per heavy atom. The second-order valence-electron chi connectivity index (χ2n) is 7.81. The summed E-state index contributed by atoms with van der Waals surface area (Å²) in [6.45, 7) is 7.03. The quantitative estimate of drug-likeness (QED) is 0.502. The van der Waals surface area contributed by atoms with E-state index in [0.29, 0.717) is 16.1 Å². The van der Waals surface area contributed by atoms with Gasteiger partial charge < -0.3 is 15.4 Å². The number of anilines is 1. The number of rotatable bonds is 7. The van der Waals surface area contributed by atoms with E-state index in [2.05, 4.69) is 10.6 Å². The van der Waals surface area contributed by atoms with Crippen LogP contribution in [-0.2, 0) is 14.3 Å². The van der Waals surface area contributed by atoms with Crippen molar-refractivity contribution in [2.75, 3.05) is 11.1 Å². The lowest BCUT2D eigenvalue weighted by molar-refractivity contribution is -0.130. The third-order valence-electron chi connectivity index (χ3n) is 3.89. The van der Waals surface area contributed by atoms with Crippen molar-refractivity contribution in [3.05, 3.63) is 59.7 Å². The summed E-state index contributed by atoms with van der Waals surface area (Å²) in [7, 11) is 0. The first-order valence-corrected chi connectivity index (χ1v) is 10.6. The number of nitrogens with zero attached hydrogens (tertiary/aromatic N) is 1. The minimum atomic E-state index is -0.958. The van der Waals surface area contributed by atoms with Crippen LogP contribution in [0.5, 0.6) is 0 Å². The predicted octanol–water partition coefficient (Wildman–Crippen LogP) is 3.75. The van der Waals surface area contributed by atoms with Gasteiger partial charge in [-0.1, -0.05) is 18.2 Å². The monoisotopic (exact) mass is 439 g/mol. The van der Waals surface area contributed by atoms with Crippen molar-refractivity contribution in [3.63, 3.8) is 0 Å². The van der Waals surface area contributed by atoms with Crippen LogP contribution >= 0.6 is 11.8 Å². The fourth-order valence-electron chi connectivity index (χ4n) is 2.52. The first kappa shape index (κ1) is 24.0. The van der Waals surface area contributed by atoms with E-state index in [4.69, 9.17) is 10.00 Å². The molecule has 8 heteroatoms. The van der Waals surface area contributed by atoms with E-state index in [9.17, 15) is 14.4 Å². The van der Waals surface area contributed by atoms with Gasteiger partial charge in [0.2, 0.25) is 5.91 Å². The second kappa shape index (κ2) is 10.6. The fourth-order valence-corrected chi connectivity index (χ4v) is 3.36. The maximum absolute atomic E-state index is 12.6. The van der Waals surface area contributed by atoms with Gasteiger partial charge in [-0.3, -0.25) is 9.59 Å². The van der Waals surface area contributed by atoms with Crippen LogP contribution in [0.25, 0.3) is 0 Å². The molecule has 0 aromatic heterocycles. The van der Waals surface area contributed by atoms with E-state index in [1.165, 1.54) is 18.7 Å². The maximum atomic E-state index is 12.6. The number of thioether (sulfide) groups is 1. The highest BCUT2D eigenvalue weighted by atomic mass is 32.2. The largest absolute Gasteiger partial charge is 0.449 e. The molecule has 0 heterocycles. The average molecular weight is 440 g/mol. The number of nitrogens with one attached hydrogen (secondary N) is 2. The molecule has 2 aromatic carbocycles. The molecule has 0 aliphatic carbocycles. The summed E-state index contributed by atoms with van der Waals surface area (Å²) in [6.07, 6.45) is -0.958. The third kappa shape index (κ3) is 7.79. The van der Waals surface area contributed by atoms with Crippen molar-refractivity contribution in [1.29, 1.82) is 5.26 Å². The van der Waals surface area contributed by atoms with Gasteiger partial charge in [-0.05, 0) is 58.0 Å². The van der Waals surface area contributed by atoms with Crippen molar-refractivity contribution < 1.29 is 19.1 Å². The summed E-state index contributed by atoms with van der Waals surface area (Å²) >= 11 is 1.18.